The second-order valence-corrected chi connectivity index (χ2v) is 9.39. The van der Waals surface area contributed by atoms with Gasteiger partial charge in [0, 0.05) is 35.0 Å². The second kappa shape index (κ2) is 8.56. The lowest BCUT2D eigenvalue weighted by molar-refractivity contribution is -0.127. The molecule has 1 amide bonds. The Hall–Kier alpha value is -2.11. The van der Waals surface area contributed by atoms with Crippen molar-refractivity contribution in [3.63, 3.8) is 0 Å². The van der Waals surface area contributed by atoms with Gasteiger partial charge in [-0.1, -0.05) is 35.9 Å². The van der Waals surface area contributed by atoms with E-state index in [1.54, 1.807) is 12.1 Å². The molecule has 1 N–H and O–H groups in total. The number of amides is 1. The molecule has 0 aliphatic carbocycles. The van der Waals surface area contributed by atoms with Crippen molar-refractivity contribution in [2.45, 2.75) is 51.3 Å². The minimum Gasteiger partial charge on any atom is -0.487 e. The number of piperidine rings is 1. The third-order valence-corrected chi connectivity index (χ3v) is 6.30. The van der Waals surface area contributed by atoms with Crippen LogP contribution >= 0.6 is 11.6 Å². The van der Waals surface area contributed by atoms with E-state index in [-0.39, 0.29) is 29.3 Å². The standard InChI is InChI=1S/C24H28ClFN2O2/c1-24(2)14-21(19-5-3-4-6-22(19)30-24)27-23(29)16-9-11-28(12-10-16)15-17-7-8-18(25)13-20(17)26/h3-8,13,16,21H,9-12,14-15H2,1-2H3,(H,27,29)/t21-/m1/s1. The van der Waals surface area contributed by atoms with E-state index in [4.69, 9.17) is 16.3 Å². The molecule has 2 aromatic carbocycles. The monoisotopic (exact) mass is 430 g/mol. The number of nitrogens with zero attached hydrogens (tertiary/aromatic N) is 1. The highest BCUT2D eigenvalue weighted by Crippen LogP contribution is 2.39. The summed E-state index contributed by atoms with van der Waals surface area (Å²) in [4.78, 5) is 15.2. The highest BCUT2D eigenvalue weighted by atomic mass is 35.5. The summed E-state index contributed by atoms with van der Waals surface area (Å²) in [5.41, 5.74) is 1.36. The zero-order valence-corrected chi connectivity index (χ0v) is 18.2. The van der Waals surface area contributed by atoms with Crippen molar-refractivity contribution in [3.05, 3.63) is 64.4 Å². The molecule has 30 heavy (non-hydrogen) atoms. The van der Waals surface area contributed by atoms with Crippen LogP contribution < -0.4 is 10.1 Å². The normalized spacial score (nSPS) is 21.5. The SMILES string of the molecule is CC1(C)C[C@@H](NC(=O)C2CCN(Cc3ccc(Cl)cc3F)CC2)c2ccccc2O1. The van der Waals surface area contributed by atoms with Crippen LogP contribution in [-0.4, -0.2) is 29.5 Å². The molecule has 160 valence electrons. The van der Waals surface area contributed by atoms with Crippen molar-refractivity contribution in [2.24, 2.45) is 5.92 Å². The summed E-state index contributed by atoms with van der Waals surface area (Å²) in [5, 5.41) is 3.68. The summed E-state index contributed by atoms with van der Waals surface area (Å²) in [6.07, 6.45) is 2.29. The molecule has 6 heteroatoms. The second-order valence-electron chi connectivity index (χ2n) is 8.95. The fourth-order valence-electron chi connectivity index (χ4n) is 4.46. The highest BCUT2D eigenvalue weighted by Gasteiger charge is 2.35. The van der Waals surface area contributed by atoms with Gasteiger partial charge in [0.25, 0.3) is 0 Å². The Morgan fingerprint density at radius 3 is 2.70 bits per heavy atom. The van der Waals surface area contributed by atoms with Crippen LogP contribution in [-0.2, 0) is 11.3 Å². The van der Waals surface area contributed by atoms with Gasteiger partial charge in [0.15, 0.2) is 0 Å². The summed E-state index contributed by atoms with van der Waals surface area (Å²) >= 11 is 5.84. The zero-order chi connectivity index (χ0) is 21.3. The molecular formula is C24H28ClFN2O2. The summed E-state index contributed by atoms with van der Waals surface area (Å²) < 4.78 is 20.1. The Balaban J connectivity index is 1.35. The van der Waals surface area contributed by atoms with Crippen LogP contribution in [0.4, 0.5) is 4.39 Å². The molecule has 0 spiro atoms. The molecule has 2 aromatic rings. The molecule has 1 atom stereocenters. The molecule has 0 aromatic heterocycles. The van der Waals surface area contributed by atoms with Crippen molar-refractivity contribution in [2.75, 3.05) is 13.1 Å². The van der Waals surface area contributed by atoms with Crippen LogP contribution in [0.1, 0.15) is 50.3 Å². The average Bonchev–Trinajstić information content (AvgIpc) is 2.70. The Labute approximate surface area is 182 Å². The van der Waals surface area contributed by atoms with E-state index in [9.17, 15) is 9.18 Å². The first-order chi connectivity index (χ1) is 14.3. The minimum absolute atomic E-state index is 0.0190. The minimum atomic E-state index is -0.321. The molecule has 4 rings (SSSR count). The molecule has 1 saturated heterocycles. The third-order valence-electron chi connectivity index (χ3n) is 6.06. The van der Waals surface area contributed by atoms with Crippen molar-refractivity contribution in [3.8, 4) is 5.75 Å². The Kier molecular flexibility index (Phi) is 6.03. The molecule has 2 aliphatic heterocycles. The van der Waals surface area contributed by atoms with Crippen LogP contribution in [0.3, 0.4) is 0 Å². The maximum absolute atomic E-state index is 14.1. The lowest BCUT2D eigenvalue weighted by Gasteiger charge is -2.39. The van der Waals surface area contributed by atoms with E-state index in [1.165, 1.54) is 6.07 Å². The Bertz CT molecular complexity index is 925. The van der Waals surface area contributed by atoms with Gasteiger partial charge in [-0.05, 0) is 58.0 Å². The number of para-hydroxylation sites is 1. The molecule has 0 saturated carbocycles. The lowest BCUT2D eigenvalue weighted by Crippen LogP contribution is -2.45. The third kappa shape index (κ3) is 4.79. The summed E-state index contributed by atoms with van der Waals surface area (Å²) in [6, 6.07) is 12.7. The van der Waals surface area contributed by atoms with Gasteiger partial charge in [0.1, 0.15) is 17.2 Å². The summed E-state index contributed by atoms with van der Waals surface area (Å²) in [5.74, 6) is 0.654. The van der Waals surface area contributed by atoms with Crippen LogP contribution in [0.5, 0.6) is 5.75 Å². The zero-order valence-electron chi connectivity index (χ0n) is 17.5. The van der Waals surface area contributed by atoms with Crippen LogP contribution in [0.2, 0.25) is 5.02 Å². The molecule has 2 heterocycles. The average molecular weight is 431 g/mol. The molecule has 0 radical (unpaired) electrons. The Morgan fingerprint density at radius 2 is 1.97 bits per heavy atom. The summed E-state index contributed by atoms with van der Waals surface area (Å²) in [7, 11) is 0. The van der Waals surface area contributed by atoms with E-state index in [0.29, 0.717) is 17.1 Å². The predicted molar refractivity (Wildman–Crippen MR) is 116 cm³/mol. The van der Waals surface area contributed by atoms with Crippen molar-refractivity contribution in [1.29, 1.82) is 0 Å². The number of hydrogen-bond acceptors (Lipinski definition) is 3. The van der Waals surface area contributed by atoms with Crippen molar-refractivity contribution in [1.82, 2.24) is 10.2 Å². The van der Waals surface area contributed by atoms with Gasteiger partial charge in [-0.15, -0.1) is 0 Å². The van der Waals surface area contributed by atoms with Crippen LogP contribution in [0.25, 0.3) is 0 Å². The van der Waals surface area contributed by atoms with Gasteiger partial charge in [-0.25, -0.2) is 4.39 Å². The largest absolute Gasteiger partial charge is 0.487 e. The number of carbonyl (C=O) groups is 1. The van der Waals surface area contributed by atoms with Gasteiger partial charge in [0.05, 0.1) is 6.04 Å². The highest BCUT2D eigenvalue weighted by molar-refractivity contribution is 6.30. The van der Waals surface area contributed by atoms with E-state index < -0.39 is 0 Å². The maximum Gasteiger partial charge on any atom is 0.223 e. The van der Waals surface area contributed by atoms with Crippen LogP contribution in [0, 0.1) is 11.7 Å². The predicted octanol–water partition coefficient (Wildman–Crippen LogP) is 5.11. The number of likely N-dealkylation sites (tertiary alicyclic amines) is 1. The van der Waals surface area contributed by atoms with Crippen molar-refractivity contribution < 1.29 is 13.9 Å². The molecular weight excluding hydrogens is 403 g/mol. The molecule has 1 fully saturated rings. The van der Waals surface area contributed by atoms with E-state index >= 15 is 0 Å². The fraction of sp³-hybridized carbons (Fsp3) is 0.458. The fourth-order valence-corrected chi connectivity index (χ4v) is 4.62. The quantitative estimate of drug-likeness (QED) is 0.732. The number of fused-ring (bicyclic) bond motifs is 1. The van der Waals surface area contributed by atoms with E-state index in [2.05, 4.69) is 24.1 Å². The number of halogens is 2. The van der Waals surface area contributed by atoms with E-state index in [1.807, 2.05) is 24.3 Å². The first-order valence-electron chi connectivity index (χ1n) is 10.6. The van der Waals surface area contributed by atoms with Gasteiger partial charge in [-0.2, -0.15) is 0 Å². The van der Waals surface area contributed by atoms with Crippen molar-refractivity contribution >= 4 is 17.5 Å². The van der Waals surface area contributed by atoms with Gasteiger partial charge < -0.3 is 10.1 Å². The lowest BCUT2D eigenvalue weighted by atomic mass is 9.88. The molecule has 0 bridgehead atoms. The molecule has 2 aliphatic rings. The number of ether oxygens (including phenoxy) is 1. The maximum atomic E-state index is 14.1. The van der Waals surface area contributed by atoms with Gasteiger partial charge >= 0.3 is 0 Å². The topological polar surface area (TPSA) is 41.6 Å². The number of carbonyl (C=O) groups excluding carboxylic acids is 1. The first kappa shape index (κ1) is 21.1. The van der Waals surface area contributed by atoms with Gasteiger partial charge in [-0.3, -0.25) is 9.69 Å². The number of nitrogens with one attached hydrogen (secondary N) is 1. The number of rotatable bonds is 4. The van der Waals surface area contributed by atoms with Crippen LogP contribution in [0.15, 0.2) is 42.5 Å². The Morgan fingerprint density at radius 1 is 1.23 bits per heavy atom. The number of hydrogen-bond donors (Lipinski definition) is 1. The smallest absolute Gasteiger partial charge is 0.223 e. The molecule has 4 nitrogen and oxygen atoms in total. The van der Waals surface area contributed by atoms with Gasteiger partial charge in [0.2, 0.25) is 5.91 Å². The van der Waals surface area contributed by atoms with E-state index in [0.717, 1.165) is 43.7 Å². The summed E-state index contributed by atoms with van der Waals surface area (Å²) in [6.45, 7) is 6.19. The number of benzene rings is 2. The first-order valence-corrected chi connectivity index (χ1v) is 10.9. The molecule has 0 unspecified atom stereocenters.